The number of carbonyl (C=O) groups is 1. The van der Waals surface area contributed by atoms with E-state index in [1.54, 1.807) is 4.90 Å². The lowest BCUT2D eigenvalue weighted by atomic mass is 10.2. The van der Waals surface area contributed by atoms with E-state index in [-0.39, 0.29) is 12.1 Å². The number of fused-ring (bicyclic) bond motifs is 1. The molecule has 0 bridgehead atoms. The summed E-state index contributed by atoms with van der Waals surface area (Å²) in [5.41, 5.74) is 1.74. The number of carbonyl (C=O) groups excluding carboxylic acids is 1. The fourth-order valence-electron chi connectivity index (χ4n) is 2.81. The summed E-state index contributed by atoms with van der Waals surface area (Å²) in [4.78, 5) is 18.5. The lowest BCUT2D eigenvalue weighted by Crippen LogP contribution is -2.42. The molecule has 7 nitrogen and oxygen atoms in total. The number of amides is 1. The molecule has 128 valence electrons. The summed E-state index contributed by atoms with van der Waals surface area (Å²) in [6.07, 6.45) is -0.291. The lowest BCUT2D eigenvalue weighted by molar-refractivity contribution is 0.0699. The molecule has 0 N–H and O–H groups in total. The van der Waals surface area contributed by atoms with Gasteiger partial charge in [-0.05, 0) is 31.9 Å². The highest BCUT2D eigenvalue weighted by Gasteiger charge is 2.32. The van der Waals surface area contributed by atoms with Crippen LogP contribution in [-0.4, -0.2) is 43.9 Å². The number of pyridine rings is 1. The largest absolute Gasteiger partial charge is 0.449 e. The first-order chi connectivity index (χ1) is 11.5. The Morgan fingerprint density at radius 1 is 1.33 bits per heavy atom. The van der Waals surface area contributed by atoms with E-state index in [0.29, 0.717) is 25.6 Å². The molecule has 1 atom stereocenters. The number of hydrogen-bond donors (Lipinski definition) is 0. The number of aryl methyl sites for hydroxylation is 1. The monoisotopic (exact) mass is 329 g/mol. The van der Waals surface area contributed by atoms with Crippen LogP contribution in [0.5, 0.6) is 0 Å². The topological polar surface area (TPSA) is 73.1 Å². The van der Waals surface area contributed by atoms with Crippen molar-refractivity contribution in [2.24, 2.45) is 5.92 Å². The van der Waals surface area contributed by atoms with Gasteiger partial charge in [-0.3, -0.25) is 4.90 Å². The van der Waals surface area contributed by atoms with Crippen LogP contribution in [0.4, 0.5) is 4.79 Å². The molecule has 1 aliphatic rings. The van der Waals surface area contributed by atoms with Crippen molar-refractivity contribution in [3.05, 3.63) is 29.7 Å². The summed E-state index contributed by atoms with van der Waals surface area (Å²) < 4.78 is 7.39. The molecule has 0 aliphatic carbocycles. The van der Waals surface area contributed by atoms with Crippen LogP contribution in [0.25, 0.3) is 11.5 Å². The fourth-order valence-corrected chi connectivity index (χ4v) is 2.81. The highest BCUT2D eigenvalue weighted by molar-refractivity contribution is 5.68. The van der Waals surface area contributed by atoms with E-state index in [9.17, 15) is 4.79 Å². The van der Waals surface area contributed by atoms with Crippen molar-refractivity contribution in [3.8, 4) is 11.5 Å². The van der Waals surface area contributed by atoms with Gasteiger partial charge in [0.25, 0.3) is 0 Å². The first-order valence-electron chi connectivity index (χ1n) is 8.28. The van der Waals surface area contributed by atoms with Crippen molar-refractivity contribution in [1.29, 1.82) is 0 Å². The van der Waals surface area contributed by atoms with Crippen molar-refractivity contribution in [2.75, 3.05) is 13.2 Å². The Morgan fingerprint density at radius 2 is 2.12 bits per heavy atom. The van der Waals surface area contributed by atoms with Crippen LogP contribution < -0.4 is 0 Å². The summed E-state index contributed by atoms with van der Waals surface area (Å²) >= 11 is 0. The summed E-state index contributed by atoms with van der Waals surface area (Å²) in [7, 11) is 0. The van der Waals surface area contributed by atoms with Gasteiger partial charge in [-0.2, -0.15) is 0 Å². The molecule has 3 rings (SSSR count). The number of rotatable bonds is 3. The Morgan fingerprint density at radius 3 is 2.83 bits per heavy atom. The standard InChI is InChI=1S/C17H23N5O2/c1-11(2)10-24-17(23)21-8-9-22-15(13(21)4)19-20-16(22)14-7-5-6-12(3)18-14/h5-7,11,13H,8-10H2,1-4H3. The number of aromatic nitrogens is 4. The Balaban J connectivity index is 1.82. The van der Waals surface area contributed by atoms with Crippen LogP contribution in [0.15, 0.2) is 18.2 Å². The molecule has 0 saturated heterocycles. The van der Waals surface area contributed by atoms with Crippen LogP contribution in [-0.2, 0) is 11.3 Å². The molecule has 0 saturated carbocycles. The van der Waals surface area contributed by atoms with Crippen LogP contribution in [0, 0.1) is 12.8 Å². The molecule has 1 aliphatic heterocycles. The Labute approximate surface area is 141 Å². The fraction of sp³-hybridized carbons (Fsp3) is 0.529. The molecule has 1 amide bonds. The summed E-state index contributed by atoms with van der Waals surface area (Å²) in [6, 6.07) is 5.66. The zero-order valence-corrected chi connectivity index (χ0v) is 14.6. The SMILES string of the molecule is Cc1cccc(-c2nnc3n2CCN(C(=O)OCC(C)C)C3C)n1. The van der Waals surface area contributed by atoms with Crippen molar-refractivity contribution in [2.45, 2.75) is 40.3 Å². The quantitative estimate of drug-likeness (QED) is 0.866. The molecule has 0 spiro atoms. The second-order valence-electron chi connectivity index (χ2n) is 6.54. The van der Waals surface area contributed by atoms with E-state index in [4.69, 9.17) is 4.74 Å². The van der Waals surface area contributed by atoms with Crippen LogP contribution in [0.3, 0.4) is 0 Å². The van der Waals surface area contributed by atoms with Crippen molar-refractivity contribution >= 4 is 6.09 Å². The Kier molecular flexibility index (Phi) is 4.51. The maximum absolute atomic E-state index is 12.3. The molecular formula is C17H23N5O2. The van der Waals surface area contributed by atoms with Gasteiger partial charge in [-0.25, -0.2) is 9.78 Å². The third kappa shape index (κ3) is 3.11. The van der Waals surface area contributed by atoms with E-state index in [1.165, 1.54) is 0 Å². The van der Waals surface area contributed by atoms with E-state index in [2.05, 4.69) is 15.2 Å². The minimum Gasteiger partial charge on any atom is -0.449 e. The molecule has 2 aromatic heterocycles. The molecule has 3 heterocycles. The molecule has 0 aromatic carbocycles. The smallest absolute Gasteiger partial charge is 0.410 e. The average Bonchev–Trinajstić information content (AvgIpc) is 2.98. The summed E-state index contributed by atoms with van der Waals surface area (Å²) in [6.45, 7) is 9.56. The van der Waals surface area contributed by atoms with Gasteiger partial charge in [0.2, 0.25) is 0 Å². The summed E-state index contributed by atoms with van der Waals surface area (Å²) in [5, 5.41) is 8.59. The molecule has 7 heteroatoms. The maximum Gasteiger partial charge on any atom is 0.410 e. The first-order valence-corrected chi connectivity index (χ1v) is 8.28. The van der Waals surface area contributed by atoms with Gasteiger partial charge < -0.3 is 9.30 Å². The third-order valence-corrected chi connectivity index (χ3v) is 4.08. The molecule has 0 fully saturated rings. The zero-order chi connectivity index (χ0) is 17.3. The van der Waals surface area contributed by atoms with Gasteiger partial charge in [-0.15, -0.1) is 10.2 Å². The van der Waals surface area contributed by atoms with E-state index < -0.39 is 0 Å². The van der Waals surface area contributed by atoms with Gasteiger partial charge in [0.1, 0.15) is 5.69 Å². The van der Waals surface area contributed by atoms with Gasteiger partial charge in [0, 0.05) is 18.8 Å². The van der Waals surface area contributed by atoms with Crippen molar-refractivity contribution in [3.63, 3.8) is 0 Å². The van der Waals surface area contributed by atoms with E-state index >= 15 is 0 Å². The van der Waals surface area contributed by atoms with Crippen LogP contribution in [0.1, 0.15) is 38.3 Å². The molecule has 2 aromatic rings. The average molecular weight is 329 g/mol. The van der Waals surface area contributed by atoms with Crippen molar-refractivity contribution in [1.82, 2.24) is 24.6 Å². The summed E-state index contributed by atoms with van der Waals surface area (Å²) in [5.74, 6) is 1.83. The van der Waals surface area contributed by atoms with Crippen LogP contribution in [0.2, 0.25) is 0 Å². The van der Waals surface area contributed by atoms with E-state index in [1.807, 2.05) is 50.5 Å². The molecular weight excluding hydrogens is 306 g/mol. The molecule has 1 unspecified atom stereocenters. The minimum absolute atomic E-state index is 0.176. The van der Waals surface area contributed by atoms with Gasteiger partial charge in [-0.1, -0.05) is 19.9 Å². The normalized spacial score (nSPS) is 17.0. The van der Waals surface area contributed by atoms with E-state index in [0.717, 1.165) is 23.0 Å². The highest BCUT2D eigenvalue weighted by atomic mass is 16.6. The first kappa shape index (κ1) is 16.4. The second-order valence-corrected chi connectivity index (χ2v) is 6.54. The number of nitrogens with zero attached hydrogens (tertiary/aromatic N) is 5. The highest BCUT2D eigenvalue weighted by Crippen LogP contribution is 2.28. The maximum atomic E-state index is 12.3. The van der Waals surface area contributed by atoms with Gasteiger partial charge >= 0.3 is 6.09 Å². The van der Waals surface area contributed by atoms with Gasteiger partial charge in [0.05, 0.1) is 12.6 Å². The Bertz CT molecular complexity index is 740. The van der Waals surface area contributed by atoms with Gasteiger partial charge in [0.15, 0.2) is 11.6 Å². The molecule has 24 heavy (non-hydrogen) atoms. The number of hydrogen-bond acceptors (Lipinski definition) is 5. The Hall–Kier alpha value is -2.44. The van der Waals surface area contributed by atoms with Crippen LogP contribution >= 0.6 is 0 Å². The predicted molar refractivity (Wildman–Crippen MR) is 89.3 cm³/mol. The minimum atomic E-state index is -0.291. The molecule has 0 radical (unpaired) electrons. The number of ether oxygens (including phenoxy) is 1. The lowest BCUT2D eigenvalue weighted by Gasteiger charge is -2.33. The van der Waals surface area contributed by atoms with Crippen molar-refractivity contribution < 1.29 is 9.53 Å². The third-order valence-electron chi connectivity index (χ3n) is 4.08. The predicted octanol–water partition coefficient (Wildman–Crippen LogP) is 2.82. The second kappa shape index (κ2) is 6.59. The zero-order valence-electron chi connectivity index (χ0n) is 14.6.